The first-order valence-corrected chi connectivity index (χ1v) is 4.62. The highest BCUT2D eigenvalue weighted by Gasteiger charge is 1.89. The largest absolute Gasteiger partial charge is 0.481 e. The Balaban J connectivity index is -0.000000147. The third-order valence-corrected chi connectivity index (χ3v) is 1.34. The fourth-order valence-corrected chi connectivity index (χ4v) is 0.671. The van der Waals surface area contributed by atoms with Crippen LogP contribution in [0.4, 0.5) is 0 Å². The van der Waals surface area contributed by atoms with Gasteiger partial charge in [-0.25, -0.2) is 0 Å². The Hall–Kier alpha value is -1.10. The molecule has 14 heavy (non-hydrogen) atoms. The van der Waals surface area contributed by atoms with Gasteiger partial charge in [0.05, 0.1) is 6.34 Å². The van der Waals surface area contributed by atoms with E-state index in [1.807, 2.05) is 0 Å². The zero-order chi connectivity index (χ0) is 12.0. The van der Waals surface area contributed by atoms with Crippen molar-refractivity contribution in [3.8, 4) is 0 Å². The summed E-state index contributed by atoms with van der Waals surface area (Å²) >= 11 is 0. The van der Waals surface area contributed by atoms with E-state index in [9.17, 15) is 0 Å². The van der Waals surface area contributed by atoms with E-state index in [1.54, 1.807) is 0 Å². The molecule has 0 fully saturated rings. The molecule has 0 aromatic rings. The van der Waals surface area contributed by atoms with Crippen LogP contribution in [0.3, 0.4) is 0 Å². The van der Waals surface area contributed by atoms with Crippen LogP contribution in [0, 0.1) is 5.41 Å². The number of nitrogens with zero attached hydrogens (tertiary/aromatic N) is 1. The first kappa shape index (κ1) is 18.6. The van der Waals surface area contributed by atoms with Crippen LogP contribution in [-0.4, -0.2) is 41.9 Å². The SMILES string of the molecule is CC(=O)O.CCN(CC)CC.N=CN. The molecule has 4 N–H and O–H groups in total. The lowest BCUT2D eigenvalue weighted by Gasteiger charge is -2.13. The van der Waals surface area contributed by atoms with Crippen molar-refractivity contribution >= 4 is 12.3 Å². The van der Waals surface area contributed by atoms with Crippen LogP contribution in [0.15, 0.2) is 0 Å². The van der Waals surface area contributed by atoms with Gasteiger partial charge in [-0.1, -0.05) is 20.8 Å². The van der Waals surface area contributed by atoms with E-state index in [0.717, 1.165) is 13.3 Å². The second-order valence-electron chi connectivity index (χ2n) is 2.31. The summed E-state index contributed by atoms with van der Waals surface area (Å²) < 4.78 is 0. The predicted molar refractivity (Wildman–Crippen MR) is 59.7 cm³/mol. The van der Waals surface area contributed by atoms with Gasteiger partial charge in [-0.05, 0) is 19.6 Å². The lowest BCUT2D eigenvalue weighted by atomic mass is 10.5. The van der Waals surface area contributed by atoms with Crippen molar-refractivity contribution in [1.82, 2.24) is 4.90 Å². The van der Waals surface area contributed by atoms with E-state index in [-0.39, 0.29) is 0 Å². The lowest BCUT2D eigenvalue weighted by Crippen LogP contribution is -2.21. The molecule has 0 rings (SSSR count). The summed E-state index contributed by atoms with van der Waals surface area (Å²) in [6.07, 6.45) is 0.750. The average molecular weight is 205 g/mol. The van der Waals surface area contributed by atoms with Crippen molar-refractivity contribution < 1.29 is 9.90 Å². The van der Waals surface area contributed by atoms with Crippen LogP contribution in [0.1, 0.15) is 27.7 Å². The highest BCUT2D eigenvalue weighted by molar-refractivity contribution is 5.62. The molecule has 0 amide bonds. The molecule has 0 heterocycles. The number of hydrogen-bond acceptors (Lipinski definition) is 3. The molecule has 0 saturated heterocycles. The van der Waals surface area contributed by atoms with Crippen molar-refractivity contribution in [2.24, 2.45) is 5.73 Å². The maximum absolute atomic E-state index is 9.00. The van der Waals surface area contributed by atoms with Gasteiger partial charge in [0.25, 0.3) is 5.97 Å². The molecule has 0 saturated carbocycles. The summed E-state index contributed by atoms with van der Waals surface area (Å²) in [5, 5.41) is 13.3. The molecule has 0 atom stereocenters. The van der Waals surface area contributed by atoms with Gasteiger partial charge in [0.15, 0.2) is 0 Å². The number of nitrogens with two attached hydrogens (primary N) is 1. The first-order valence-electron chi connectivity index (χ1n) is 4.62. The molecule has 0 aliphatic heterocycles. The second-order valence-corrected chi connectivity index (χ2v) is 2.31. The maximum Gasteiger partial charge on any atom is 0.300 e. The molecule has 0 aromatic carbocycles. The molecule has 5 heteroatoms. The number of carbonyl (C=O) groups is 1. The number of hydrogen-bond donors (Lipinski definition) is 3. The summed E-state index contributed by atoms with van der Waals surface area (Å²) in [5.41, 5.74) is 4.39. The van der Waals surface area contributed by atoms with Crippen molar-refractivity contribution in [1.29, 1.82) is 5.41 Å². The van der Waals surface area contributed by atoms with E-state index in [1.165, 1.54) is 19.6 Å². The van der Waals surface area contributed by atoms with E-state index in [2.05, 4.69) is 31.4 Å². The Morgan fingerprint density at radius 2 is 1.50 bits per heavy atom. The molecule has 0 unspecified atom stereocenters. The van der Waals surface area contributed by atoms with Crippen LogP contribution >= 0.6 is 0 Å². The van der Waals surface area contributed by atoms with E-state index < -0.39 is 5.97 Å². The third-order valence-electron chi connectivity index (χ3n) is 1.34. The van der Waals surface area contributed by atoms with Crippen LogP contribution in [-0.2, 0) is 4.79 Å². The third kappa shape index (κ3) is 44.5. The predicted octanol–water partition coefficient (Wildman–Crippen LogP) is 0.991. The summed E-state index contributed by atoms with van der Waals surface area (Å²) in [7, 11) is 0. The van der Waals surface area contributed by atoms with E-state index >= 15 is 0 Å². The van der Waals surface area contributed by atoms with E-state index in [4.69, 9.17) is 15.3 Å². The zero-order valence-corrected chi connectivity index (χ0v) is 9.58. The van der Waals surface area contributed by atoms with Crippen LogP contribution in [0.2, 0.25) is 0 Å². The molecular formula is C9H23N3O2. The quantitative estimate of drug-likeness (QED) is 0.473. The first-order chi connectivity index (χ1) is 6.49. The highest BCUT2D eigenvalue weighted by atomic mass is 16.4. The Labute approximate surface area is 86.4 Å². The number of rotatable bonds is 3. The topological polar surface area (TPSA) is 90.4 Å². The Bertz CT molecular complexity index is 116. The number of carboxylic acid groups (broad SMARTS) is 1. The van der Waals surface area contributed by atoms with Crippen molar-refractivity contribution in [2.45, 2.75) is 27.7 Å². The minimum Gasteiger partial charge on any atom is -0.481 e. The van der Waals surface area contributed by atoms with Crippen molar-refractivity contribution in [2.75, 3.05) is 19.6 Å². The molecular weight excluding hydrogens is 182 g/mol. The zero-order valence-electron chi connectivity index (χ0n) is 9.58. The normalized spacial score (nSPS) is 7.79. The molecule has 0 aliphatic rings. The monoisotopic (exact) mass is 205 g/mol. The van der Waals surface area contributed by atoms with Crippen molar-refractivity contribution in [3.05, 3.63) is 0 Å². The Kier molecular flexibility index (Phi) is 23.8. The fraction of sp³-hybridized carbons (Fsp3) is 0.778. The van der Waals surface area contributed by atoms with Gasteiger partial charge < -0.3 is 15.7 Å². The van der Waals surface area contributed by atoms with Crippen molar-refractivity contribution in [3.63, 3.8) is 0 Å². The molecule has 0 bridgehead atoms. The molecule has 0 aliphatic carbocycles. The Morgan fingerprint density at radius 3 is 1.50 bits per heavy atom. The maximum atomic E-state index is 9.00. The second kappa shape index (κ2) is 17.8. The average Bonchev–Trinajstić information content (AvgIpc) is 2.08. The van der Waals surface area contributed by atoms with Crippen LogP contribution in [0.5, 0.6) is 0 Å². The fourth-order valence-electron chi connectivity index (χ4n) is 0.671. The number of carboxylic acids is 1. The minimum atomic E-state index is -0.833. The molecule has 0 radical (unpaired) electrons. The lowest BCUT2D eigenvalue weighted by molar-refractivity contribution is -0.134. The summed E-state index contributed by atoms with van der Waals surface area (Å²) in [6.45, 7) is 11.2. The van der Waals surface area contributed by atoms with Gasteiger partial charge in [-0.15, -0.1) is 0 Å². The van der Waals surface area contributed by atoms with E-state index in [0.29, 0.717) is 0 Å². The van der Waals surface area contributed by atoms with Gasteiger partial charge in [0, 0.05) is 6.92 Å². The standard InChI is InChI=1S/C6H15N.C2H4O2.CH4N2/c1-4-7(5-2)6-3;1-2(3)4;2-1-3/h4-6H2,1-3H3;1H3,(H,3,4);1H,(H3,2,3). The smallest absolute Gasteiger partial charge is 0.300 e. The summed E-state index contributed by atoms with van der Waals surface area (Å²) in [5.74, 6) is -0.833. The van der Waals surface area contributed by atoms with Gasteiger partial charge in [-0.3, -0.25) is 10.2 Å². The van der Waals surface area contributed by atoms with Gasteiger partial charge in [0.1, 0.15) is 0 Å². The molecule has 5 nitrogen and oxygen atoms in total. The summed E-state index contributed by atoms with van der Waals surface area (Å²) in [6, 6.07) is 0. The van der Waals surface area contributed by atoms with Crippen LogP contribution in [0.25, 0.3) is 0 Å². The van der Waals surface area contributed by atoms with Gasteiger partial charge >= 0.3 is 0 Å². The van der Waals surface area contributed by atoms with Gasteiger partial charge in [-0.2, -0.15) is 0 Å². The molecule has 0 aromatic heterocycles. The molecule has 0 spiro atoms. The Morgan fingerprint density at radius 1 is 1.36 bits per heavy atom. The summed E-state index contributed by atoms with van der Waals surface area (Å²) in [4.78, 5) is 11.4. The van der Waals surface area contributed by atoms with Gasteiger partial charge in [0.2, 0.25) is 0 Å². The number of nitrogens with one attached hydrogen (secondary N) is 1. The minimum absolute atomic E-state index is 0.750. The molecule has 86 valence electrons. The van der Waals surface area contributed by atoms with Crippen LogP contribution < -0.4 is 5.73 Å². The number of aliphatic carboxylic acids is 1. The highest BCUT2D eigenvalue weighted by Crippen LogP contribution is 1.81.